The van der Waals surface area contributed by atoms with E-state index in [1.807, 2.05) is 13.8 Å². The summed E-state index contributed by atoms with van der Waals surface area (Å²) in [7, 11) is 0. The summed E-state index contributed by atoms with van der Waals surface area (Å²) in [5.41, 5.74) is 0.0432. The summed E-state index contributed by atoms with van der Waals surface area (Å²) in [5, 5.41) is 11.7. The number of nitrogens with one attached hydrogen (secondary N) is 1. The minimum Gasteiger partial charge on any atom is -0.480 e. The predicted octanol–water partition coefficient (Wildman–Crippen LogP) is 1.68. The van der Waals surface area contributed by atoms with Crippen molar-refractivity contribution in [3.63, 3.8) is 0 Å². The molecule has 1 atom stereocenters. The third kappa shape index (κ3) is 3.76. The molecule has 0 heterocycles. The molecule has 0 saturated heterocycles. The molecule has 5 heteroatoms. The number of carboxylic acid groups (broad SMARTS) is 1. The molecule has 1 unspecified atom stereocenters. The van der Waals surface area contributed by atoms with Crippen molar-refractivity contribution < 1.29 is 19.4 Å². The van der Waals surface area contributed by atoms with Crippen LogP contribution in [0.3, 0.4) is 0 Å². The maximum atomic E-state index is 11.7. The number of hydrogen-bond donors (Lipinski definition) is 2. The smallest absolute Gasteiger partial charge is 0.339 e. The molecule has 1 amide bonds. The van der Waals surface area contributed by atoms with E-state index in [0.717, 1.165) is 0 Å². The quantitative estimate of drug-likeness (QED) is 0.834. The standard InChI is InChI=1S/C13H17NO4/c1-8(2)14-12(15)9(3)18-11-7-5-4-6-10(11)13(16)17/h4-9H,1-3H3,(H,14,15)(H,16,17). The molecule has 0 aliphatic heterocycles. The molecule has 0 spiro atoms. The Morgan fingerprint density at radius 3 is 2.39 bits per heavy atom. The number of para-hydroxylation sites is 1. The first-order valence-corrected chi connectivity index (χ1v) is 5.71. The number of aromatic carboxylic acids is 1. The average Bonchev–Trinajstić information content (AvgIpc) is 2.28. The number of carbonyl (C=O) groups excluding carboxylic acids is 1. The number of ether oxygens (including phenoxy) is 1. The van der Waals surface area contributed by atoms with E-state index in [9.17, 15) is 9.59 Å². The third-order valence-electron chi connectivity index (χ3n) is 2.22. The normalized spacial score (nSPS) is 12.0. The van der Waals surface area contributed by atoms with E-state index in [1.54, 1.807) is 19.1 Å². The van der Waals surface area contributed by atoms with Crippen LogP contribution in [-0.4, -0.2) is 29.1 Å². The molecule has 98 valence electrons. The van der Waals surface area contributed by atoms with E-state index >= 15 is 0 Å². The highest BCUT2D eigenvalue weighted by molar-refractivity contribution is 5.91. The van der Waals surface area contributed by atoms with Crippen LogP contribution in [0.4, 0.5) is 0 Å². The van der Waals surface area contributed by atoms with Gasteiger partial charge in [-0.2, -0.15) is 0 Å². The van der Waals surface area contributed by atoms with Gasteiger partial charge in [0.2, 0.25) is 0 Å². The zero-order valence-electron chi connectivity index (χ0n) is 10.6. The highest BCUT2D eigenvalue weighted by Crippen LogP contribution is 2.19. The Bertz CT molecular complexity index is 442. The number of carboxylic acids is 1. The van der Waals surface area contributed by atoms with Crippen LogP contribution in [0.2, 0.25) is 0 Å². The molecule has 1 aromatic rings. The van der Waals surface area contributed by atoms with Crippen molar-refractivity contribution in [3.05, 3.63) is 29.8 Å². The van der Waals surface area contributed by atoms with Crippen molar-refractivity contribution >= 4 is 11.9 Å². The van der Waals surface area contributed by atoms with Crippen LogP contribution in [0.25, 0.3) is 0 Å². The van der Waals surface area contributed by atoms with Gasteiger partial charge in [0.05, 0.1) is 0 Å². The fourth-order valence-corrected chi connectivity index (χ4v) is 1.39. The molecule has 5 nitrogen and oxygen atoms in total. The minimum absolute atomic E-state index is 0.0123. The maximum Gasteiger partial charge on any atom is 0.339 e. The Labute approximate surface area is 106 Å². The molecule has 1 aromatic carbocycles. The average molecular weight is 251 g/mol. The van der Waals surface area contributed by atoms with Gasteiger partial charge in [0.15, 0.2) is 6.10 Å². The molecular formula is C13H17NO4. The third-order valence-corrected chi connectivity index (χ3v) is 2.22. The molecule has 18 heavy (non-hydrogen) atoms. The second-order valence-electron chi connectivity index (χ2n) is 4.22. The lowest BCUT2D eigenvalue weighted by Gasteiger charge is -2.17. The second kappa shape index (κ2) is 6.05. The summed E-state index contributed by atoms with van der Waals surface area (Å²) in [6.07, 6.45) is -0.743. The molecule has 0 saturated carbocycles. The fraction of sp³-hybridized carbons (Fsp3) is 0.385. The van der Waals surface area contributed by atoms with Crippen LogP contribution >= 0.6 is 0 Å². The van der Waals surface area contributed by atoms with Gasteiger partial charge in [-0.25, -0.2) is 4.79 Å². The van der Waals surface area contributed by atoms with Gasteiger partial charge in [0.25, 0.3) is 5.91 Å². The van der Waals surface area contributed by atoms with Gasteiger partial charge in [-0.3, -0.25) is 4.79 Å². The second-order valence-corrected chi connectivity index (χ2v) is 4.22. The fourth-order valence-electron chi connectivity index (χ4n) is 1.39. The van der Waals surface area contributed by atoms with Gasteiger partial charge in [-0.15, -0.1) is 0 Å². The van der Waals surface area contributed by atoms with Crippen molar-refractivity contribution in [1.82, 2.24) is 5.32 Å². The number of rotatable bonds is 5. The van der Waals surface area contributed by atoms with Gasteiger partial charge >= 0.3 is 5.97 Å². The summed E-state index contributed by atoms with van der Waals surface area (Å²) in [6, 6.07) is 6.25. The van der Waals surface area contributed by atoms with E-state index < -0.39 is 12.1 Å². The van der Waals surface area contributed by atoms with Gasteiger partial charge in [-0.05, 0) is 32.9 Å². The number of benzene rings is 1. The van der Waals surface area contributed by atoms with Crippen LogP contribution in [0.5, 0.6) is 5.75 Å². The topological polar surface area (TPSA) is 75.6 Å². The maximum absolute atomic E-state index is 11.7. The largest absolute Gasteiger partial charge is 0.480 e. The number of hydrogen-bond acceptors (Lipinski definition) is 3. The van der Waals surface area contributed by atoms with Crippen LogP contribution < -0.4 is 10.1 Å². The SMILES string of the molecule is CC(C)NC(=O)C(C)Oc1ccccc1C(=O)O. The highest BCUT2D eigenvalue weighted by atomic mass is 16.5. The van der Waals surface area contributed by atoms with Crippen molar-refractivity contribution in [1.29, 1.82) is 0 Å². The van der Waals surface area contributed by atoms with Crippen molar-refractivity contribution in [2.45, 2.75) is 32.9 Å². The lowest BCUT2D eigenvalue weighted by atomic mass is 10.2. The Morgan fingerprint density at radius 1 is 1.22 bits per heavy atom. The van der Waals surface area contributed by atoms with E-state index in [2.05, 4.69) is 5.32 Å². The van der Waals surface area contributed by atoms with Crippen LogP contribution in [-0.2, 0) is 4.79 Å². The van der Waals surface area contributed by atoms with Crippen LogP contribution in [0, 0.1) is 0 Å². The number of amides is 1. The summed E-state index contributed by atoms with van der Waals surface area (Å²) >= 11 is 0. The molecule has 0 radical (unpaired) electrons. The lowest BCUT2D eigenvalue weighted by Crippen LogP contribution is -2.40. The van der Waals surface area contributed by atoms with Crippen molar-refractivity contribution in [3.8, 4) is 5.75 Å². The van der Waals surface area contributed by atoms with Crippen LogP contribution in [0.15, 0.2) is 24.3 Å². The lowest BCUT2D eigenvalue weighted by molar-refractivity contribution is -0.127. The first kappa shape index (κ1) is 14.0. The van der Waals surface area contributed by atoms with E-state index in [1.165, 1.54) is 12.1 Å². The van der Waals surface area contributed by atoms with Gasteiger partial charge < -0.3 is 15.2 Å². The van der Waals surface area contributed by atoms with Crippen molar-refractivity contribution in [2.75, 3.05) is 0 Å². The van der Waals surface area contributed by atoms with E-state index in [-0.39, 0.29) is 23.3 Å². The molecule has 0 aliphatic rings. The molecule has 2 N–H and O–H groups in total. The monoisotopic (exact) mass is 251 g/mol. The first-order valence-electron chi connectivity index (χ1n) is 5.71. The summed E-state index contributed by atoms with van der Waals surface area (Å²) in [4.78, 5) is 22.6. The minimum atomic E-state index is -1.08. The summed E-state index contributed by atoms with van der Waals surface area (Å²) < 4.78 is 5.38. The van der Waals surface area contributed by atoms with Gasteiger partial charge in [0.1, 0.15) is 11.3 Å². The molecule has 0 aromatic heterocycles. The Kier molecular flexibility index (Phi) is 4.71. The zero-order chi connectivity index (χ0) is 13.7. The molecule has 0 aliphatic carbocycles. The highest BCUT2D eigenvalue weighted by Gasteiger charge is 2.18. The van der Waals surface area contributed by atoms with Crippen molar-refractivity contribution in [2.24, 2.45) is 0 Å². The molecule has 0 fully saturated rings. The summed E-state index contributed by atoms with van der Waals surface area (Å²) in [6.45, 7) is 5.27. The number of carbonyl (C=O) groups is 2. The van der Waals surface area contributed by atoms with E-state index in [4.69, 9.17) is 9.84 Å². The molecular weight excluding hydrogens is 234 g/mol. The predicted molar refractivity (Wildman–Crippen MR) is 66.8 cm³/mol. The van der Waals surface area contributed by atoms with Crippen LogP contribution in [0.1, 0.15) is 31.1 Å². The zero-order valence-corrected chi connectivity index (χ0v) is 10.6. The van der Waals surface area contributed by atoms with Gasteiger partial charge in [0, 0.05) is 6.04 Å². The molecule has 1 rings (SSSR count). The summed E-state index contributed by atoms with van der Waals surface area (Å²) in [5.74, 6) is -1.16. The Balaban J connectivity index is 2.78. The Morgan fingerprint density at radius 2 is 1.83 bits per heavy atom. The van der Waals surface area contributed by atoms with Gasteiger partial charge in [-0.1, -0.05) is 12.1 Å². The Hall–Kier alpha value is -2.04. The molecule has 0 bridgehead atoms. The van der Waals surface area contributed by atoms with E-state index in [0.29, 0.717) is 0 Å². The first-order chi connectivity index (χ1) is 8.41.